The van der Waals surface area contributed by atoms with Crippen molar-refractivity contribution < 1.29 is 5.11 Å². The maximum atomic E-state index is 10.4. The summed E-state index contributed by atoms with van der Waals surface area (Å²) in [6.45, 7) is 1.66. The summed E-state index contributed by atoms with van der Waals surface area (Å²) < 4.78 is 0.992. The Kier molecular flexibility index (Phi) is 2.91. The van der Waals surface area contributed by atoms with E-state index in [0.717, 1.165) is 29.4 Å². The number of halogens is 1. The molecule has 0 spiro atoms. The van der Waals surface area contributed by atoms with Crippen molar-refractivity contribution in [2.45, 2.75) is 18.4 Å². The van der Waals surface area contributed by atoms with Crippen molar-refractivity contribution in [1.82, 2.24) is 5.32 Å². The van der Waals surface area contributed by atoms with Crippen molar-refractivity contribution in [2.24, 2.45) is 0 Å². The van der Waals surface area contributed by atoms with Gasteiger partial charge < -0.3 is 10.4 Å². The Hall–Kier alpha value is -0.380. The van der Waals surface area contributed by atoms with E-state index < -0.39 is 5.60 Å². The topological polar surface area (TPSA) is 32.3 Å². The lowest BCUT2D eigenvalue weighted by Crippen LogP contribution is -2.43. The van der Waals surface area contributed by atoms with E-state index in [9.17, 15) is 5.11 Å². The van der Waals surface area contributed by atoms with Gasteiger partial charge in [0, 0.05) is 11.0 Å². The molecule has 0 aromatic heterocycles. The molecule has 1 unspecified atom stereocenters. The maximum Gasteiger partial charge on any atom is 0.103 e. The van der Waals surface area contributed by atoms with Crippen molar-refractivity contribution in [2.75, 3.05) is 13.1 Å². The minimum absolute atomic E-state index is 0.648. The zero-order valence-electron chi connectivity index (χ0n) is 7.96. The number of aliphatic hydroxyl groups is 1. The standard InChI is InChI=1S/C11H14BrNO/c12-10-5-2-1-4-9(10)11(14)6-3-7-13-8-11/h1-2,4-5,13-14H,3,6-8H2. The van der Waals surface area contributed by atoms with E-state index in [-0.39, 0.29) is 0 Å². The van der Waals surface area contributed by atoms with Crippen LogP contribution in [0.3, 0.4) is 0 Å². The van der Waals surface area contributed by atoms with Gasteiger partial charge in [-0.25, -0.2) is 0 Å². The Labute approximate surface area is 92.5 Å². The van der Waals surface area contributed by atoms with E-state index in [1.807, 2.05) is 24.3 Å². The van der Waals surface area contributed by atoms with Crippen molar-refractivity contribution in [3.05, 3.63) is 34.3 Å². The van der Waals surface area contributed by atoms with E-state index in [0.29, 0.717) is 6.54 Å². The number of benzene rings is 1. The number of rotatable bonds is 1. The first-order valence-corrected chi connectivity index (χ1v) is 5.70. The molecule has 14 heavy (non-hydrogen) atoms. The third kappa shape index (κ3) is 1.85. The third-order valence-corrected chi connectivity index (χ3v) is 3.43. The average Bonchev–Trinajstić information content (AvgIpc) is 2.19. The first-order valence-electron chi connectivity index (χ1n) is 4.90. The van der Waals surface area contributed by atoms with Gasteiger partial charge in [0.15, 0.2) is 0 Å². The summed E-state index contributed by atoms with van der Waals surface area (Å²) in [5.41, 5.74) is 0.297. The number of nitrogens with one attached hydrogen (secondary N) is 1. The molecule has 3 heteroatoms. The van der Waals surface area contributed by atoms with Gasteiger partial charge in [-0.15, -0.1) is 0 Å². The predicted molar refractivity (Wildman–Crippen MR) is 60.1 cm³/mol. The zero-order valence-corrected chi connectivity index (χ0v) is 9.55. The van der Waals surface area contributed by atoms with Crippen LogP contribution in [0, 0.1) is 0 Å². The van der Waals surface area contributed by atoms with Crippen LogP contribution in [0.5, 0.6) is 0 Å². The fraction of sp³-hybridized carbons (Fsp3) is 0.455. The number of β-amino-alcohol motifs (C(OH)–C–C–N with tert-alkyl or cyclic N) is 1. The molecule has 1 atom stereocenters. The van der Waals surface area contributed by atoms with Gasteiger partial charge in [-0.3, -0.25) is 0 Å². The summed E-state index contributed by atoms with van der Waals surface area (Å²) >= 11 is 3.48. The summed E-state index contributed by atoms with van der Waals surface area (Å²) in [7, 11) is 0. The summed E-state index contributed by atoms with van der Waals surface area (Å²) in [4.78, 5) is 0. The Balaban J connectivity index is 2.32. The molecule has 1 aliphatic rings. The molecular formula is C11H14BrNO. The molecule has 1 saturated heterocycles. The minimum atomic E-state index is -0.696. The maximum absolute atomic E-state index is 10.4. The first kappa shape index (κ1) is 10.1. The fourth-order valence-corrected chi connectivity index (χ4v) is 2.61. The molecule has 1 aromatic rings. The van der Waals surface area contributed by atoms with Crippen LogP contribution in [0.1, 0.15) is 18.4 Å². The van der Waals surface area contributed by atoms with E-state index in [2.05, 4.69) is 21.2 Å². The van der Waals surface area contributed by atoms with Crippen molar-refractivity contribution in [3.8, 4) is 0 Å². The highest BCUT2D eigenvalue weighted by molar-refractivity contribution is 9.10. The minimum Gasteiger partial charge on any atom is -0.384 e. The smallest absolute Gasteiger partial charge is 0.103 e. The van der Waals surface area contributed by atoms with Crippen LogP contribution in [0.2, 0.25) is 0 Å². The van der Waals surface area contributed by atoms with Gasteiger partial charge in [0.05, 0.1) is 0 Å². The Morgan fingerprint density at radius 1 is 1.36 bits per heavy atom. The molecule has 1 fully saturated rings. The SMILES string of the molecule is OC1(c2ccccc2Br)CCCNC1. The van der Waals surface area contributed by atoms with Gasteiger partial charge in [-0.1, -0.05) is 34.1 Å². The van der Waals surface area contributed by atoms with Gasteiger partial charge in [-0.2, -0.15) is 0 Å². The lowest BCUT2D eigenvalue weighted by molar-refractivity contribution is 0.0116. The summed E-state index contributed by atoms with van der Waals surface area (Å²) in [6, 6.07) is 7.89. The molecule has 0 aliphatic carbocycles. The first-order chi connectivity index (χ1) is 6.72. The average molecular weight is 256 g/mol. The summed E-state index contributed by atoms with van der Waals surface area (Å²) in [5.74, 6) is 0. The van der Waals surface area contributed by atoms with Gasteiger partial charge in [0.2, 0.25) is 0 Å². The van der Waals surface area contributed by atoms with Crippen molar-refractivity contribution >= 4 is 15.9 Å². The fourth-order valence-electron chi connectivity index (χ4n) is 1.96. The third-order valence-electron chi connectivity index (χ3n) is 2.74. The normalized spacial score (nSPS) is 27.6. The zero-order chi connectivity index (χ0) is 10.0. The van der Waals surface area contributed by atoms with E-state index >= 15 is 0 Å². The molecule has 1 heterocycles. The molecule has 0 radical (unpaired) electrons. The van der Waals surface area contributed by atoms with Crippen LogP contribution < -0.4 is 5.32 Å². The predicted octanol–water partition coefficient (Wildman–Crippen LogP) is 2.02. The van der Waals surface area contributed by atoms with Crippen molar-refractivity contribution in [3.63, 3.8) is 0 Å². The molecule has 1 aliphatic heterocycles. The van der Waals surface area contributed by atoms with Crippen LogP contribution in [0.15, 0.2) is 28.7 Å². The van der Waals surface area contributed by atoms with Gasteiger partial charge in [0.25, 0.3) is 0 Å². The number of piperidine rings is 1. The lowest BCUT2D eigenvalue weighted by atomic mass is 9.87. The monoisotopic (exact) mass is 255 g/mol. The van der Waals surface area contributed by atoms with E-state index in [1.165, 1.54) is 0 Å². The molecule has 1 aromatic carbocycles. The van der Waals surface area contributed by atoms with Crippen LogP contribution >= 0.6 is 15.9 Å². The van der Waals surface area contributed by atoms with Crippen LogP contribution in [-0.4, -0.2) is 18.2 Å². The molecule has 0 amide bonds. The Bertz CT molecular complexity index is 321. The van der Waals surface area contributed by atoms with Gasteiger partial charge in [-0.05, 0) is 31.0 Å². The molecule has 2 nitrogen and oxygen atoms in total. The quantitative estimate of drug-likeness (QED) is 0.805. The molecule has 76 valence electrons. The second-order valence-electron chi connectivity index (χ2n) is 3.79. The second-order valence-corrected chi connectivity index (χ2v) is 4.65. The van der Waals surface area contributed by atoms with Gasteiger partial charge >= 0.3 is 0 Å². The lowest BCUT2D eigenvalue weighted by Gasteiger charge is -2.33. The molecular weight excluding hydrogens is 242 g/mol. The van der Waals surface area contributed by atoms with E-state index in [1.54, 1.807) is 0 Å². The van der Waals surface area contributed by atoms with E-state index in [4.69, 9.17) is 0 Å². The highest BCUT2D eigenvalue weighted by Crippen LogP contribution is 2.33. The molecule has 0 saturated carbocycles. The highest BCUT2D eigenvalue weighted by Gasteiger charge is 2.32. The van der Waals surface area contributed by atoms with Crippen LogP contribution in [0.25, 0.3) is 0 Å². The highest BCUT2D eigenvalue weighted by atomic mass is 79.9. The van der Waals surface area contributed by atoms with Crippen LogP contribution in [0.4, 0.5) is 0 Å². The molecule has 2 rings (SSSR count). The molecule has 2 N–H and O–H groups in total. The summed E-state index contributed by atoms with van der Waals surface area (Å²) in [5, 5.41) is 13.7. The Morgan fingerprint density at radius 3 is 2.79 bits per heavy atom. The summed E-state index contributed by atoms with van der Waals surface area (Å²) in [6.07, 6.45) is 1.86. The number of hydrogen-bond acceptors (Lipinski definition) is 2. The van der Waals surface area contributed by atoms with Gasteiger partial charge in [0.1, 0.15) is 5.60 Å². The largest absolute Gasteiger partial charge is 0.384 e. The van der Waals surface area contributed by atoms with Crippen LogP contribution in [-0.2, 0) is 5.60 Å². The van der Waals surface area contributed by atoms with Crippen molar-refractivity contribution in [1.29, 1.82) is 0 Å². The number of hydrogen-bond donors (Lipinski definition) is 2. The molecule has 0 bridgehead atoms. The second kappa shape index (κ2) is 4.01. The Morgan fingerprint density at radius 2 is 2.14 bits per heavy atom.